The molecule has 5 rings (SSSR count). The summed E-state index contributed by atoms with van der Waals surface area (Å²) in [5.41, 5.74) is 0.487. The zero-order chi connectivity index (χ0) is 49.9. The first-order chi connectivity index (χ1) is 32.1. The van der Waals surface area contributed by atoms with Gasteiger partial charge >= 0.3 is 12.1 Å². The van der Waals surface area contributed by atoms with E-state index in [2.05, 4.69) is 20.7 Å². The number of piperazine rings is 1. The van der Waals surface area contributed by atoms with Crippen LogP contribution in [0.5, 0.6) is 0 Å². The maximum absolute atomic E-state index is 15.6. The van der Waals surface area contributed by atoms with Crippen LogP contribution >= 0.6 is 11.6 Å². The van der Waals surface area contributed by atoms with Crippen molar-refractivity contribution in [1.29, 1.82) is 0 Å². The van der Waals surface area contributed by atoms with Gasteiger partial charge in [-0.1, -0.05) is 17.7 Å². The smallest absolute Gasteiger partial charge is 0.407 e. The van der Waals surface area contributed by atoms with E-state index in [-0.39, 0.29) is 82.8 Å². The van der Waals surface area contributed by atoms with Crippen molar-refractivity contribution in [2.45, 2.75) is 91.9 Å². The van der Waals surface area contributed by atoms with Crippen LogP contribution in [0.15, 0.2) is 42.7 Å². The van der Waals surface area contributed by atoms with Gasteiger partial charge in [0.15, 0.2) is 17.5 Å². The van der Waals surface area contributed by atoms with Crippen molar-refractivity contribution in [3.8, 4) is 22.4 Å². The summed E-state index contributed by atoms with van der Waals surface area (Å²) in [5.74, 6) is -3.64. The van der Waals surface area contributed by atoms with Gasteiger partial charge in [0, 0.05) is 81.4 Å². The first-order valence-electron chi connectivity index (χ1n) is 22.7. The molecule has 0 unspecified atom stereocenters. The number of halogens is 3. The van der Waals surface area contributed by atoms with Gasteiger partial charge in [-0.05, 0) is 105 Å². The number of imidazole rings is 1. The Morgan fingerprint density at radius 3 is 2.15 bits per heavy atom. The first-order valence-corrected chi connectivity index (χ1v) is 23.1. The topological polar surface area (TPSA) is 182 Å². The monoisotopic (exact) mass is 967 g/mol. The largest absolute Gasteiger partial charge is 0.459 e. The number of rotatable bonds is 19. The number of methoxy groups -OCH3 is 1. The molecule has 0 aliphatic carbocycles. The first kappa shape index (κ1) is 53.0. The number of unbranched alkanes of at least 4 members (excludes halogenated alkanes) is 1. The minimum absolute atomic E-state index is 0.0463. The Balaban J connectivity index is 1.11. The number of alkyl carbamates (subject to hydrolysis) is 1. The number of carbonyl (C=O) groups excluding carboxylic acids is 5. The number of anilines is 1. The number of amides is 4. The predicted molar refractivity (Wildman–Crippen MR) is 253 cm³/mol. The fourth-order valence-electron chi connectivity index (χ4n) is 7.63. The molecule has 4 aromatic rings. The lowest BCUT2D eigenvalue weighted by molar-refractivity contribution is -0.156. The molecule has 1 saturated heterocycles. The number of nitrogens with one attached hydrogen (secondary N) is 2. The predicted octanol–water partition coefficient (Wildman–Crippen LogP) is 7.10. The zero-order valence-electron chi connectivity index (χ0n) is 40.5. The van der Waals surface area contributed by atoms with Gasteiger partial charge in [0.25, 0.3) is 11.8 Å². The number of hydrogen-bond donors (Lipinski definition) is 2. The molecular weight excluding hydrogens is 904 g/mol. The van der Waals surface area contributed by atoms with Gasteiger partial charge in [0.05, 0.1) is 48.4 Å². The lowest BCUT2D eigenvalue weighted by Crippen LogP contribution is -2.50. The van der Waals surface area contributed by atoms with Crippen LogP contribution in [-0.2, 0) is 37.4 Å². The summed E-state index contributed by atoms with van der Waals surface area (Å²) in [6, 6.07) is 7.37. The third kappa shape index (κ3) is 14.5. The minimum Gasteiger partial charge on any atom is -0.459 e. The molecule has 0 radical (unpaired) electrons. The lowest BCUT2D eigenvalue weighted by Gasteiger charge is -2.35. The van der Waals surface area contributed by atoms with Crippen molar-refractivity contribution in [2.75, 3.05) is 71.4 Å². The molecule has 3 heterocycles. The number of hydrogen-bond acceptors (Lipinski definition) is 11. The third-order valence-corrected chi connectivity index (χ3v) is 11.3. The van der Waals surface area contributed by atoms with E-state index in [1.54, 1.807) is 70.1 Å². The second-order valence-corrected chi connectivity index (χ2v) is 19.0. The molecule has 68 heavy (non-hydrogen) atoms. The van der Waals surface area contributed by atoms with Crippen LogP contribution in [0.4, 0.5) is 19.3 Å². The Bertz CT molecular complexity index is 2440. The molecule has 1 fully saturated rings. The van der Waals surface area contributed by atoms with Gasteiger partial charge in [-0.3, -0.25) is 28.8 Å². The summed E-state index contributed by atoms with van der Waals surface area (Å²) in [7, 11) is 3.08. The van der Waals surface area contributed by atoms with Crippen LogP contribution in [0, 0.1) is 18.6 Å². The second-order valence-electron chi connectivity index (χ2n) is 18.6. The Morgan fingerprint density at radius 2 is 1.49 bits per heavy atom. The Labute approximate surface area is 401 Å². The van der Waals surface area contributed by atoms with E-state index in [1.807, 2.05) is 4.90 Å². The van der Waals surface area contributed by atoms with Crippen molar-refractivity contribution in [1.82, 2.24) is 39.3 Å². The standard InChI is InChI=1S/C48H64ClF2N9O8/c1-31-36(28-54-60(31)25-26-66-9)33-16-17-35(42(51)41(33)50)38-29-53-43(56(38)8)44(63)55-32-14-15-34(37(49)27-32)45(64)59-23-21-58(22-24-59)39(61)13-12-20-57(30-40(62)67-47(2,3)4)19-11-10-18-52-46(65)68-48(5,6)7/h14-17,27-29H,10-13,18-26,30H2,1-9H3,(H,52,65)(H,55,63). The lowest BCUT2D eigenvalue weighted by atomic mass is 10.0. The number of esters is 1. The highest BCUT2D eigenvalue weighted by Crippen LogP contribution is 2.33. The number of benzene rings is 2. The Morgan fingerprint density at radius 1 is 0.838 bits per heavy atom. The summed E-state index contributed by atoms with van der Waals surface area (Å²) >= 11 is 6.59. The molecule has 0 spiro atoms. The molecule has 2 N–H and O–H groups in total. The molecule has 0 bridgehead atoms. The second kappa shape index (κ2) is 23.4. The molecule has 2 aromatic heterocycles. The van der Waals surface area contributed by atoms with E-state index in [9.17, 15) is 24.0 Å². The van der Waals surface area contributed by atoms with E-state index >= 15 is 8.78 Å². The van der Waals surface area contributed by atoms with Crippen molar-refractivity contribution < 1.29 is 47.0 Å². The fourth-order valence-corrected chi connectivity index (χ4v) is 7.89. The minimum atomic E-state index is -1.10. The van der Waals surface area contributed by atoms with E-state index in [0.29, 0.717) is 76.4 Å². The summed E-state index contributed by atoms with van der Waals surface area (Å²) in [4.78, 5) is 74.4. The van der Waals surface area contributed by atoms with E-state index in [4.69, 9.17) is 25.8 Å². The maximum Gasteiger partial charge on any atom is 0.407 e. The Hall–Kier alpha value is -5.92. The average molecular weight is 969 g/mol. The van der Waals surface area contributed by atoms with Crippen molar-refractivity contribution >= 4 is 47.1 Å². The SMILES string of the molecule is COCCn1ncc(-c2ccc(-c3cnc(C(=O)Nc4ccc(C(=O)N5CCN(C(=O)CCCN(CCCCNC(=O)OC(C)(C)C)CC(=O)OC(C)(C)C)CC5)c(Cl)c4)n3C)c(F)c2F)c1C. The summed E-state index contributed by atoms with van der Waals surface area (Å²) in [6.45, 7) is 16.2. The number of ether oxygens (including phenoxy) is 3. The van der Waals surface area contributed by atoms with Crippen molar-refractivity contribution in [3.63, 3.8) is 0 Å². The molecule has 17 nitrogen and oxygen atoms in total. The molecule has 1 aliphatic rings. The quantitative estimate of drug-likeness (QED) is 0.0723. The Kier molecular flexibility index (Phi) is 18.2. The van der Waals surface area contributed by atoms with Gasteiger partial charge in [-0.2, -0.15) is 5.10 Å². The molecule has 370 valence electrons. The molecule has 1 aliphatic heterocycles. The van der Waals surface area contributed by atoms with Crippen LogP contribution in [0.25, 0.3) is 22.4 Å². The summed E-state index contributed by atoms with van der Waals surface area (Å²) in [5, 5.41) is 9.82. The third-order valence-electron chi connectivity index (χ3n) is 11.0. The van der Waals surface area contributed by atoms with E-state index < -0.39 is 34.8 Å². The summed E-state index contributed by atoms with van der Waals surface area (Å²) in [6.07, 6.45) is 4.41. The maximum atomic E-state index is 15.6. The van der Waals surface area contributed by atoms with Gasteiger partial charge in [-0.15, -0.1) is 0 Å². The molecule has 4 amide bonds. The van der Waals surface area contributed by atoms with Gasteiger partial charge < -0.3 is 39.2 Å². The van der Waals surface area contributed by atoms with E-state index in [0.717, 1.165) is 0 Å². The highest BCUT2D eigenvalue weighted by molar-refractivity contribution is 6.34. The fraction of sp³-hybridized carbons (Fsp3) is 0.521. The highest BCUT2D eigenvalue weighted by Gasteiger charge is 2.28. The van der Waals surface area contributed by atoms with Crippen molar-refractivity contribution in [2.24, 2.45) is 7.05 Å². The van der Waals surface area contributed by atoms with Crippen LogP contribution in [-0.4, -0.2) is 141 Å². The highest BCUT2D eigenvalue weighted by atomic mass is 35.5. The van der Waals surface area contributed by atoms with Crippen LogP contribution in [0.1, 0.15) is 93.9 Å². The number of nitrogens with zero attached hydrogens (tertiary/aromatic N) is 7. The number of carbonyl (C=O) groups is 5. The molecule has 0 saturated carbocycles. The molecule has 2 aromatic carbocycles. The molecular formula is C48H64ClF2N9O8. The average Bonchev–Trinajstić information content (AvgIpc) is 3.83. The van der Waals surface area contributed by atoms with Crippen LogP contribution < -0.4 is 10.6 Å². The van der Waals surface area contributed by atoms with Gasteiger partial charge in [0.1, 0.15) is 11.2 Å². The zero-order valence-corrected chi connectivity index (χ0v) is 41.2. The van der Waals surface area contributed by atoms with Gasteiger partial charge in [-0.25, -0.2) is 18.6 Å². The van der Waals surface area contributed by atoms with Crippen LogP contribution in [0.3, 0.4) is 0 Å². The van der Waals surface area contributed by atoms with Gasteiger partial charge in [0.2, 0.25) is 5.91 Å². The molecule has 0 atom stereocenters. The van der Waals surface area contributed by atoms with Crippen LogP contribution in [0.2, 0.25) is 5.02 Å². The number of aromatic nitrogens is 4. The van der Waals surface area contributed by atoms with Crippen molar-refractivity contribution in [3.05, 3.63) is 76.5 Å². The molecule has 20 heteroatoms. The normalized spacial score (nSPS) is 13.2. The van der Waals surface area contributed by atoms with E-state index in [1.165, 1.54) is 54.3 Å². The summed E-state index contributed by atoms with van der Waals surface area (Å²) < 4.78 is 50.1.